The van der Waals surface area contributed by atoms with Gasteiger partial charge in [0.1, 0.15) is 0 Å². The standard InChI is InChI=1S/C26H33N5O3S/c1-5-7-11-28-17-27-24-23(28)25(33)31(26(34)29(24)12-8-6-2)16-22(32)21-14-18(3)30(19(21)4)15-20-10-9-13-35-20/h9-10,13-14,17H,5-8,11-12,15-16H2,1-4H3. The second-order valence-electron chi connectivity index (χ2n) is 9.02. The van der Waals surface area contributed by atoms with Crippen molar-refractivity contribution in [1.82, 2.24) is 23.3 Å². The minimum atomic E-state index is -0.475. The minimum Gasteiger partial charge on any atom is -0.343 e. The fraction of sp³-hybridized carbons (Fsp3) is 0.462. The van der Waals surface area contributed by atoms with Gasteiger partial charge in [0.25, 0.3) is 5.56 Å². The van der Waals surface area contributed by atoms with Crippen molar-refractivity contribution < 1.29 is 4.79 Å². The lowest BCUT2D eigenvalue weighted by atomic mass is 10.1. The number of ketones is 1. The van der Waals surface area contributed by atoms with Crippen LogP contribution >= 0.6 is 11.3 Å². The van der Waals surface area contributed by atoms with E-state index < -0.39 is 11.2 Å². The van der Waals surface area contributed by atoms with E-state index in [0.29, 0.717) is 36.4 Å². The normalized spacial score (nSPS) is 11.5. The zero-order valence-electron chi connectivity index (χ0n) is 20.9. The molecule has 9 heteroatoms. The summed E-state index contributed by atoms with van der Waals surface area (Å²) in [5.41, 5.74) is 2.23. The topological polar surface area (TPSA) is 83.8 Å². The molecule has 0 spiro atoms. The predicted molar refractivity (Wildman–Crippen MR) is 140 cm³/mol. The van der Waals surface area contributed by atoms with Crippen LogP contribution in [0, 0.1) is 13.8 Å². The van der Waals surface area contributed by atoms with Gasteiger partial charge in [-0.3, -0.25) is 18.7 Å². The van der Waals surface area contributed by atoms with Crippen molar-refractivity contribution in [2.24, 2.45) is 0 Å². The van der Waals surface area contributed by atoms with E-state index in [9.17, 15) is 14.4 Å². The molecule has 0 aliphatic rings. The van der Waals surface area contributed by atoms with Crippen LogP contribution in [0.15, 0.2) is 39.5 Å². The van der Waals surface area contributed by atoms with Crippen molar-refractivity contribution in [2.75, 3.05) is 0 Å². The average Bonchev–Trinajstić information content (AvgIpc) is 3.57. The van der Waals surface area contributed by atoms with Crippen molar-refractivity contribution >= 4 is 28.3 Å². The van der Waals surface area contributed by atoms with Gasteiger partial charge in [-0.2, -0.15) is 0 Å². The Balaban J connectivity index is 1.75. The number of Topliss-reactive ketones (excluding diaryl/α,β-unsaturated/α-hetero) is 1. The highest BCUT2D eigenvalue weighted by molar-refractivity contribution is 7.09. The Morgan fingerprint density at radius 3 is 2.46 bits per heavy atom. The number of hydrogen-bond donors (Lipinski definition) is 0. The number of hydrogen-bond acceptors (Lipinski definition) is 5. The zero-order valence-corrected chi connectivity index (χ0v) is 21.7. The fourth-order valence-electron chi connectivity index (χ4n) is 4.51. The third-order valence-corrected chi connectivity index (χ3v) is 7.40. The van der Waals surface area contributed by atoms with E-state index in [1.807, 2.05) is 42.9 Å². The molecule has 4 rings (SSSR count). The molecule has 0 radical (unpaired) electrons. The number of aromatic nitrogens is 5. The summed E-state index contributed by atoms with van der Waals surface area (Å²) in [6, 6.07) is 5.94. The fourth-order valence-corrected chi connectivity index (χ4v) is 5.20. The number of imidazole rings is 1. The first kappa shape index (κ1) is 24.9. The van der Waals surface area contributed by atoms with Crippen LogP contribution in [-0.2, 0) is 26.2 Å². The number of unbranched alkanes of at least 4 members (excludes halogenated alkanes) is 2. The second-order valence-corrected chi connectivity index (χ2v) is 10.0. The number of fused-ring (bicyclic) bond motifs is 1. The zero-order chi connectivity index (χ0) is 25.1. The molecule has 0 unspecified atom stereocenters. The molecular formula is C26H33N5O3S. The molecule has 0 saturated carbocycles. The quantitative estimate of drug-likeness (QED) is 0.289. The number of carbonyl (C=O) groups is 1. The van der Waals surface area contributed by atoms with Crippen LogP contribution in [-0.4, -0.2) is 29.0 Å². The Morgan fingerprint density at radius 2 is 1.77 bits per heavy atom. The SMILES string of the molecule is CCCCn1cnc2c1c(=O)n(CC(=O)c1cc(C)n(Cc3cccs3)c1C)c(=O)n2CCCC. The monoisotopic (exact) mass is 495 g/mol. The minimum absolute atomic E-state index is 0.240. The molecule has 35 heavy (non-hydrogen) atoms. The summed E-state index contributed by atoms with van der Waals surface area (Å²) in [6.45, 7) is 9.53. The van der Waals surface area contributed by atoms with Crippen molar-refractivity contribution in [1.29, 1.82) is 0 Å². The number of nitrogens with zero attached hydrogens (tertiary/aromatic N) is 5. The molecular weight excluding hydrogens is 462 g/mol. The smallest absolute Gasteiger partial charge is 0.333 e. The van der Waals surface area contributed by atoms with Gasteiger partial charge in [-0.15, -0.1) is 11.3 Å². The lowest BCUT2D eigenvalue weighted by Crippen LogP contribution is -2.42. The van der Waals surface area contributed by atoms with E-state index in [1.165, 1.54) is 4.88 Å². The van der Waals surface area contributed by atoms with Crippen molar-refractivity contribution in [3.8, 4) is 0 Å². The molecule has 8 nitrogen and oxygen atoms in total. The van der Waals surface area contributed by atoms with Crippen LogP contribution in [0.1, 0.15) is 66.2 Å². The summed E-state index contributed by atoms with van der Waals surface area (Å²) in [5.74, 6) is -0.240. The van der Waals surface area contributed by atoms with Gasteiger partial charge in [-0.05, 0) is 44.2 Å². The van der Waals surface area contributed by atoms with Crippen LogP contribution in [0.3, 0.4) is 0 Å². The summed E-state index contributed by atoms with van der Waals surface area (Å²) in [5, 5.41) is 2.03. The summed E-state index contributed by atoms with van der Waals surface area (Å²) in [6.07, 6.45) is 5.19. The van der Waals surface area contributed by atoms with E-state index in [2.05, 4.69) is 22.5 Å². The number of aryl methyl sites for hydroxylation is 3. The Kier molecular flexibility index (Phi) is 7.54. The van der Waals surface area contributed by atoms with E-state index in [-0.39, 0.29) is 12.3 Å². The van der Waals surface area contributed by atoms with Gasteiger partial charge >= 0.3 is 5.69 Å². The summed E-state index contributed by atoms with van der Waals surface area (Å²) in [7, 11) is 0. The van der Waals surface area contributed by atoms with Gasteiger partial charge in [-0.25, -0.2) is 9.78 Å². The largest absolute Gasteiger partial charge is 0.343 e. The van der Waals surface area contributed by atoms with Gasteiger partial charge in [-0.1, -0.05) is 32.8 Å². The van der Waals surface area contributed by atoms with Crippen LogP contribution in [0.4, 0.5) is 0 Å². The Labute approximate surface area is 208 Å². The van der Waals surface area contributed by atoms with Crippen LogP contribution in [0.2, 0.25) is 0 Å². The van der Waals surface area contributed by atoms with Crippen molar-refractivity contribution in [2.45, 2.75) is 79.6 Å². The van der Waals surface area contributed by atoms with E-state index in [1.54, 1.807) is 22.2 Å². The number of thiophene rings is 1. The molecule has 0 amide bonds. The van der Waals surface area contributed by atoms with Crippen LogP contribution < -0.4 is 11.2 Å². The highest BCUT2D eigenvalue weighted by Crippen LogP contribution is 2.20. The van der Waals surface area contributed by atoms with Gasteiger partial charge < -0.3 is 9.13 Å². The van der Waals surface area contributed by atoms with Gasteiger partial charge in [0.2, 0.25) is 0 Å². The maximum Gasteiger partial charge on any atom is 0.333 e. The summed E-state index contributed by atoms with van der Waals surface area (Å²) in [4.78, 5) is 45.9. The third-order valence-electron chi connectivity index (χ3n) is 6.54. The van der Waals surface area contributed by atoms with Crippen LogP contribution in [0.25, 0.3) is 11.2 Å². The Hall–Kier alpha value is -3.20. The molecule has 0 bridgehead atoms. The highest BCUT2D eigenvalue weighted by Gasteiger charge is 2.22. The van der Waals surface area contributed by atoms with Gasteiger partial charge in [0, 0.05) is 34.9 Å². The first-order valence-electron chi connectivity index (χ1n) is 12.3. The van der Waals surface area contributed by atoms with E-state index in [4.69, 9.17) is 0 Å². The maximum absolute atomic E-state index is 13.5. The molecule has 0 aliphatic heterocycles. The molecule has 4 aromatic heterocycles. The number of rotatable bonds is 11. The van der Waals surface area contributed by atoms with Crippen molar-refractivity contribution in [3.05, 3.63) is 72.6 Å². The molecule has 0 saturated heterocycles. The second kappa shape index (κ2) is 10.6. The first-order valence-corrected chi connectivity index (χ1v) is 13.2. The molecule has 0 aliphatic carbocycles. The molecule has 0 N–H and O–H groups in total. The van der Waals surface area contributed by atoms with E-state index >= 15 is 0 Å². The lowest BCUT2D eigenvalue weighted by Gasteiger charge is -2.12. The summed E-state index contributed by atoms with van der Waals surface area (Å²) >= 11 is 1.67. The lowest BCUT2D eigenvalue weighted by molar-refractivity contribution is 0.0968. The Bertz CT molecular complexity index is 1450. The molecule has 0 fully saturated rings. The third kappa shape index (κ3) is 4.82. The maximum atomic E-state index is 13.5. The predicted octanol–water partition coefficient (Wildman–Crippen LogP) is 4.37. The number of carbonyl (C=O) groups excluding carboxylic acids is 1. The Morgan fingerprint density at radius 1 is 1.03 bits per heavy atom. The highest BCUT2D eigenvalue weighted by atomic mass is 32.1. The van der Waals surface area contributed by atoms with E-state index in [0.717, 1.165) is 41.6 Å². The average molecular weight is 496 g/mol. The first-order chi connectivity index (χ1) is 16.9. The summed E-state index contributed by atoms with van der Waals surface area (Å²) < 4.78 is 6.56. The van der Waals surface area contributed by atoms with Crippen LogP contribution in [0.5, 0.6) is 0 Å². The van der Waals surface area contributed by atoms with Gasteiger partial charge in [0.15, 0.2) is 16.9 Å². The van der Waals surface area contributed by atoms with Gasteiger partial charge in [0.05, 0.1) is 19.4 Å². The molecule has 186 valence electrons. The molecule has 4 aromatic rings. The molecule has 0 aromatic carbocycles. The van der Waals surface area contributed by atoms with Crippen molar-refractivity contribution in [3.63, 3.8) is 0 Å². The molecule has 4 heterocycles. The molecule has 0 atom stereocenters.